The number of rotatable bonds is 2. The predicted molar refractivity (Wildman–Crippen MR) is 75.4 cm³/mol. The lowest BCUT2D eigenvalue weighted by atomic mass is 10.2. The molecule has 0 aliphatic carbocycles. The molecular weight excluding hydrogens is 363 g/mol. The third kappa shape index (κ3) is 2.14. The highest BCUT2D eigenvalue weighted by atomic mass is 79.9. The van der Waals surface area contributed by atoms with E-state index in [-0.39, 0.29) is 21.6 Å². The number of fused-ring (bicyclic) bond motifs is 1. The van der Waals surface area contributed by atoms with E-state index in [1.54, 1.807) is 6.07 Å². The maximum atomic E-state index is 13.5. The second kappa shape index (κ2) is 4.88. The normalized spacial score (nSPS) is 16.1. The van der Waals surface area contributed by atoms with Crippen molar-refractivity contribution in [1.82, 2.24) is 9.29 Å². The van der Waals surface area contributed by atoms with Crippen molar-refractivity contribution in [1.29, 1.82) is 0 Å². The fourth-order valence-corrected chi connectivity index (χ4v) is 3.94. The molecule has 1 aliphatic rings. The molecular formula is C13H8BrFN2O3S. The van der Waals surface area contributed by atoms with Crippen LogP contribution in [0.4, 0.5) is 4.39 Å². The van der Waals surface area contributed by atoms with Crippen LogP contribution in [0.2, 0.25) is 0 Å². The predicted octanol–water partition coefficient (Wildman–Crippen LogP) is 2.33. The Balaban J connectivity index is 2.06. The second-order valence-corrected chi connectivity index (χ2v) is 6.96. The van der Waals surface area contributed by atoms with Crippen LogP contribution < -0.4 is 0 Å². The van der Waals surface area contributed by atoms with Crippen molar-refractivity contribution in [3.8, 4) is 0 Å². The summed E-state index contributed by atoms with van der Waals surface area (Å²) in [5.74, 6) is -1.18. The minimum atomic E-state index is -3.99. The van der Waals surface area contributed by atoms with Crippen molar-refractivity contribution in [3.63, 3.8) is 0 Å². The minimum absolute atomic E-state index is 0.0324. The molecule has 1 aromatic carbocycles. The molecule has 0 fully saturated rings. The number of amides is 1. The van der Waals surface area contributed by atoms with E-state index in [9.17, 15) is 17.6 Å². The number of benzene rings is 1. The van der Waals surface area contributed by atoms with Crippen molar-refractivity contribution in [2.24, 2.45) is 0 Å². The molecule has 1 amide bonds. The highest BCUT2D eigenvalue weighted by Gasteiger charge is 2.42. The average molecular weight is 371 g/mol. The summed E-state index contributed by atoms with van der Waals surface area (Å²) in [5.41, 5.74) is 0.393. The summed E-state index contributed by atoms with van der Waals surface area (Å²) in [7, 11) is -3.99. The van der Waals surface area contributed by atoms with Crippen LogP contribution in [-0.2, 0) is 16.6 Å². The zero-order chi connectivity index (χ0) is 15.2. The molecule has 0 bridgehead atoms. The number of aromatic nitrogens is 1. The van der Waals surface area contributed by atoms with Gasteiger partial charge in [-0.15, -0.1) is 0 Å². The number of pyridine rings is 1. The first-order valence-corrected chi connectivity index (χ1v) is 8.11. The lowest BCUT2D eigenvalue weighted by Crippen LogP contribution is -2.29. The Morgan fingerprint density at radius 2 is 2.00 bits per heavy atom. The Kier molecular flexibility index (Phi) is 3.29. The summed E-state index contributed by atoms with van der Waals surface area (Å²) in [6.45, 7) is -0.254. The Labute approximate surface area is 128 Å². The van der Waals surface area contributed by atoms with E-state index in [2.05, 4.69) is 20.9 Å². The maximum Gasteiger partial charge on any atom is 0.285 e. The molecule has 0 saturated heterocycles. The lowest BCUT2D eigenvalue weighted by Gasteiger charge is -2.15. The molecule has 1 aromatic heterocycles. The molecule has 21 heavy (non-hydrogen) atoms. The van der Waals surface area contributed by atoms with Gasteiger partial charge in [-0.25, -0.2) is 13.7 Å². The molecule has 0 N–H and O–H groups in total. The van der Waals surface area contributed by atoms with Crippen LogP contribution in [0.1, 0.15) is 15.9 Å². The number of halogens is 2. The largest absolute Gasteiger partial charge is 0.285 e. The highest BCUT2D eigenvalue weighted by molar-refractivity contribution is 9.10. The SMILES string of the molecule is O=C1c2cccnc2S(=O)(=O)N1Cc1cccc(F)c1Br. The summed E-state index contributed by atoms with van der Waals surface area (Å²) in [6, 6.07) is 7.14. The Morgan fingerprint density at radius 3 is 2.71 bits per heavy atom. The quantitative estimate of drug-likeness (QED) is 0.813. The van der Waals surface area contributed by atoms with E-state index in [1.165, 1.54) is 30.5 Å². The molecule has 0 unspecified atom stereocenters. The van der Waals surface area contributed by atoms with Gasteiger partial charge in [-0.05, 0) is 39.7 Å². The van der Waals surface area contributed by atoms with E-state index < -0.39 is 21.7 Å². The van der Waals surface area contributed by atoms with Crippen LogP contribution in [0.25, 0.3) is 0 Å². The number of sulfonamides is 1. The van der Waals surface area contributed by atoms with Gasteiger partial charge in [0, 0.05) is 6.20 Å². The van der Waals surface area contributed by atoms with Crippen molar-refractivity contribution >= 4 is 31.9 Å². The first-order chi connectivity index (χ1) is 9.93. The van der Waals surface area contributed by atoms with E-state index in [0.717, 1.165) is 0 Å². The Bertz CT molecular complexity index is 854. The first kappa shape index (κ1) is 14.2. The molecule has 0 spiro atoms. The van der Waals surface area contributed by atoms with E-state index in [1.807, 2.05) is 0 Å². The van der Waals surface area contributed by atoms with Crippen LogP contribution in [0.15, 0.2) is 46.0 Å². The summed E-state index contributed by atoms with van der Waals surface area (Å²) in [6.07, 6.45) is 1.31. The van der Waals surface area contributed by atoms with Crippen molar-refractivity contribution in [2.45, 2.75) is 11.6 Å². The molecule has 2 aromatic rings. The van der Waals surface area contributed by atoms with Gasteiger partial charge in [-0.2, -0.15) is 8.42 Å². The molecule has 1 aliphatic heterocycles. The van der Waals surface area contributed by atoms with Crippen LogP contribution >= 0.6 is 15.9 Å². The fraction of sp³-hybridized carbons (Fsp3) is 0.0769. The Morgan fingerprint density at radius 1 is 1.24 bits per heavy atom. The molecule has 2 heterocycles. The van der Waals surface area contributed by atoms with E-state index in [4.69, 9.17) is 0 Å². The number of hydrogen-bond donors (Lipinski definition) is 0. The summed E-state index contributed by atoms with van der Waals surface area (Å²) >= 11 is 3.06. The van der Waals surface area contributed by atoms with Crippen molar-refractivity contribution < 1.29 is 17.6 Å². The van der Waals surface area contributed by atoms with Gasteiger partial charge < -0.3 is 0 Å². The van der Waals surface area contributed by atoms with Gasteiger partial charge in [0.15, 0.2) is 5.03 Å². The van der Waals surface area contributed by atoms with Crippen LogP contribution in [0.5, 0.6) is 0 Å². The third-order valence-corrected chi connectivity index (χ3v) is 5.69. The summed E-state index contributed by atoms with van der Waals surface area (Å²) < 4.78 is 39.0. The number of hydrogen-bond acceptors (Lipinski definition) is 4. The molecule has 0 radical (unpaired) electrons. The molecule has 3 rings (SSSR count). The molecule has 0 atom stereocenters. The summed E-state index contributed by atoms with van der Waals surface area (Å²) in [5, 5.41) is -0.262. The standard InChI is InChI=1S/C13H8BrFN2O3S/c14-11-8(3-1-5-10(11)15)7-17-13(18)9-4-2-6-16-12(9)21(17,19)20/h1-6H,7H2. The third-order valence-electron chi connectivity index (χ3n) is 3.11. The zero-order valence-corrected chi connectivity index (χ0v) is 12.9. The van der Waals surface area contributed by atoms with Gasteiger partial charge >= 0.3 is 0 Å². The van der Waals surface area contributed by atoms with Crippen molar-refractivity contribution in [3.05, 3.63) is 57.9 Å². The second-order valence-electron chi connectivity index (χ2n) is 4.39. The van der Waals surface area contributed by atoms with Gasteiger partial charge in [-0.3, -0.25) is 4.79 Å². The van der Waals surface area contributed by atoms with Gasteiger partial charge in [0.2, 0.25) is 0 Å². The van der Waals surface area contributed by atoms with Gasteiger partial charge in [-0.1, -0.05) is 12.1 Å². The van der Waals surface area contributed by atoms with Gasteiger partial charge in [0.1, 0.15) is 5.82 Å². The van der Waals surface area contributed by atoms with Crippen LogP contribution in [0, 0.1) is 5.82 Å². The van der Waals surface area contributed by atoms with E-state index >= 15 is 0 Å². The van der Waals surface area contributed by atoms with Gasteiger partial charge in [0.25, 0.3) is 15.9 Å². The van der Waals surface area contributed by atoms with Gasteiger partial charge in [0.05, 0.1) is 16.6 Å². The monoisotopic (exact) mass is 370 g/mol. The molecule has 8 heteroatoms. The maximum absolute atomic E-state index is 13.5. The molecule has 108 valence electrons. The Hall–Kier alpha value is -1.80. The fourth-order valence-electron chi connectivity index (χ4n) is 2.09. The van der Waals surface area contributed by atoms with Crippen LogP contribution in [-0.4, -0.2) is 23.6 Å². The number of carbonyl (C=O) groups excluding carboxylic acids is 1. The lowest BCUT2D eigenvalue weighted by molar-refractivity contribution is 0.0864. The molecule has 5 nitrogen and oxygen atoms in total. The molecule has 0 saturated carbocycles. The van der Waals surface area contributed by atoms with Crippen LogP contribution in [0.3, 0.4) is 0 Å². The average Bonchev–Trinajstić information content (AvgIpc) is 2.65. The van der Waals surface area contributed by atoms with Crippen molar-refractivity contribution in [2.75, 3.05) is 0 Å². The highest BCUT2D eigenvalue weighted by Crippen LogP contribution is 2.31. The number of nitrogens with zero attached hydrogens (tertiary/aromatic N) is 2. The van der Waals surface area contributed by atoms with E-state index in [0.29, 0.717) is 9.87 Å². The topological polar surface area (TPSA) is 67.3 Å². The zero-order valence-electron chi connectivity index (χ0n) is 10.5. The minimum Gasteiger partial charge on any atom is -0.268 e. The smallest absolute Gasteiger partial charge is 0.268 e. The summed E-state index contributed by atoms with van der Waals surface area (Å²) in [4.78, 5) is 16.0. The number of carbonyl (C=O) groups is 1. The first-order valence-electron chi connectivity index (χ1n) is 5.88.